The molecule has 1 aliphatic heterocycles. The summed E-state index contributed by atoms with van der Waals surface area (Å²) in [6.07, 6.45) is 6.49. The van der Waals surface area contributed by atoms with Crippen molar-refractivity contribution in [2.45, 2.75) is 37.8 Å². The van der Waals surface area contributed by atoms with Gasteiger partial charge in [-0.05, 0) is 31.6 Å². The fraction of sp³-hybridized carbons (Fsp3) is 0.529. The number of hydrogen-bond acceptors (Lipinski definition) is 6. The maximum atomic E-state index is 12.4. The lowest BCUT2D eigenvalue weighted by atomic mass is 10.1. The Balaban J connectivity index is 1.48. The van der Waals surface area contributed by atoms with Crippen molar-refractivity contribution in [3.63, 3.8) is 0 Å². The molecule has 138 valence electrons. The average molecular weight is 358 g/mol. The molecule has 1 unspecified atom stereocenters. The first-order valence-corrected chi connectivity index (χ1v) is 8.91. The van der Waals surface area contributed by atoms with Crippen LogP contribution in [0.4, 0.5) is 5.82 Å². The highest BCUT2D eigenvalue weighted by molar-refractivity contribution is 6.08. The van der Waals surface area contributed by atoms with Crippen LogP contribution in [0.1, 0.15) is 36.0 Å². The van der Waals surface area contributed by atoms with Gasteiger partial charge >= 0.3 is 0 Å². The lowest BCUT2D eigenvalue weighted by Gasteiger charge is -2.21. The molecule has 0 radical (unpaired) electrons. The number of H-pyrrole nitrogens is 1. The quantitative estimate of drug-likeness (QED) is 0.571. The van der Waals surface area contributed by atoms with Gasteiger partial charge in [-0.1, -0.05) is 0 Å². The number of nitrogens with two attached hydrogens (primary N) is 1. The summed E-state index contributed by atoms with van der Waals surface area (Å²) in [6, 6.07) is -0.00677. The van der Waals surface area contributed by atoms with Crippen LogP contribution in [0.5, 0.6) is 0 Å². The van der Waals surface area contributed by atoms with Gasteiger partial charge < -0.3 is 26.1 Å². The van der Waals surface area contributed by atoms with Gasteiger partial charge in [0.15, 0.2) is 0 Å². The van der Waals surface area contributed by atoms with E-state index in [4.69, 9.17) is 10.5 Å². The van der Waals surface area contributed by atoms with Gasteiger partial charge in [0.1, 0.15) is 23.9 Å². The van der Waals surface area contributed by atoms with Crippen molar-refractivity contribution < 1.29 is 14.3 Å². The number of nitrogens with one attached hydrogen (secondary N) is 3. The van der Waals surface area contributed by atoms with E-state index in [1.165, 1.54) is 12.5 Å². The highest BCUT2D eigenvalue weighted by Gasteiger charge is 2.34. The monoisotopic (exact) mass is 358 g/mol. The van der Waals surface area contributed by atoms with Crippen LogP contribution in [-0.2, 0) is 9.53 Å². The zero-order chi connectivity index (χ0) is 18.1. The van der Waals surface area contributed by atoms with Crippen molar-refractivity contribution in [1.29, 1.82) is 0 Å². The lowest BCUT2D eigenvalue weighted by Crippen LogP contribution is -2.45. The summed E-state index contributed by atoms with van der Waals surface area (Å²) in [5, 5.41) is 6.92. The number of fused-ring (bicyclic) bond motifs is 1. The molecule has 9 heteroatoms. The van der Waals surface area contributed by atoms with Crippen molar-refractivity contribution in [2.24, 2.45) is 11.7 Å². The fourth-order valence-electron chi connectivity index (χ4n) is 3.39. The van der Waals surface area contributed by atoms with Crippen molar-refractivity contribution in [3.8, 4) is 0 Å². The highest BCUT2D eigenvalue weighted by Crippen LogP contribution is 2.33. The van der Waals surface area contributed by atoms with E-state index in [2.05, 4.69) is 25.6 Å². The molecule has 9 nitrogen and oxygen atoms in total. The number of amides is 2. The second-order valence-corrected chi connectivity index (χ2v) is 6.85. The minimum Gasteiger partial charge on any atom is -0.368 e. The van der Waals surface area contributed by atoms with Gasteiger partial charge in [-0.2, -0.15) is 0 Å². The Morgan fingerprint density at radius 2 is 2.19 bits per heavy atom. The maximum absolute atomic E-state index is 12.4. The second-order valence-electron chi connectivity index (χ2n) is 6.85. The van der Waals surface area contributed by atoms with E-state index >= 15 is 0 Å². The lowest BCUT2D eigenvalue weighted by molar-refractivity contribution is -0.130. The van der Waals surface area contributed by atoms with Crippen molar-refractivity contribution in [1.82, 2.24) is 20.3 Å². The first-order valence-electron chi connectivity index (χ1n) is 8.91. The number of nitrogens with zero attached hydrogens (tertiary/aromatic N) is 2. The van der Waals surface area contributed by atoms with Crippen LogP contribution in [0.2, 0.25) is 0 Å². The van der Waals surface area contributed by atoms with E-state index < -0.39 is 5.91 Å². The third-order valence-electron chi connectivity index (χ3n) is 4.97. The van der Waals surface area contributed by atoms with Gasteiger partial charge in [-0.3, -0.25) is 9.59 Å². The van der Waals surface area contributed by atoms with Crippen LogP contribution in [-0.4, -0.2) is 52.1 Å². The average Bonchev–Trinajstić information content (AvgIpc) is 3.15. The summed E-state index contributed by atoms with van der Waals surface area (Å²) in [6.45, 7) is 1.16. The van der Waals surface area contributed by atoms with Crippen molar-refractivity contribution >= 4 is 28.7 Å². The summed E-state index contributed by atoms with van der Waals surface area (Å²) in [7, 11) is 0. The molecule has 5 N–H and O–H groups in total. The van der Waals surface area contributed by atoms with Crippen molar-refractivity contribution in [2.75, 3.05) is 18.5 Å². The molecule has 2 fully saturated rings. The van der Waals surface area contributed by atoms with Crippen LogP contribution in [0.15, 0.2) is 12.5 Å². The molecule has 2 aliphatic rings. The zero-order valence-electron chi connectivity index (χ0n) is 14.3. The van der Waals surface area contributed by atoms with E-state index in [0.717, 1.165) is 25.7 Å². The molecule has 2 atom stereocenters. The van der Waals surface area contributed by atoms with Gasteiger partial charge in [-0.25, -0.2) is 9.97 Å². The van der Waals surface area contributed by atoms with E-state index in [0.29, 0.717) is 41.5 Å². The summed E-state index contributed by atoms with van der Waals surface area (Å²) in [4.78, 5) is 35.3. The van der Waals surface area contributed by atoms with Crippen LogP contribution in [0, 0.1) is 5.92 Å². The summed E-state index contributed by atoms with van der Waals surface area (Å²) >= 11 is 0. The Hall–Kier alpha value is -2.68. The number of ether oxygens (including phenoxy) is 1. The second kappa shape index (κ2) is 6.91. The molecule has 0 spiro atoms. The number of rotatable bonds is 7. The molecule has 1 saturated carbocycles. The van der Waals surface area contributed by atoms with Gasteiger partial charge in [0.2, 0.25) is 5.91 Å². The van der Waals surface area contributed by atoms with E-state index in [1.807, 2.05) is 0 Å². The van der Waals surface area contributed by atoms with Crippen molar-refractivity contribution in [3.05, 3.63) is 18.1 Å². The zero-order valence-corrected chi connectivity index (χ0v) is 14.3. The fourth-order valence-corrected chi connectivity index (χ4v) is 3.39. The van der Waals surface area contributed by atoms with Gasteiger partial charge in [0.25, 0.3) is 5.91 Å². The van der Waals surface area contributed by atoms with E-state index in [-0.39, 0.29) is 18.1 Å². The van der Waals surface area contributed by atoms with E-state index in [1.54, 1.807) is 0 Å². The summed E-state index contributed by atoms with van der Waals surface area (Å²) in [5.74, 6) is 0.391. The molecular weight excluding hydrogens is 336 g/mol. The predicted octanol–water partition coefficient (Wildman–Crippen LogP) is 0.542. The Morgan fingerprint density at radius 1 is 1.35 bits per heavy atom. The van der Waals surface area contributed by atoms with E-state index in [9.17, 15) is 9.59 Å². The first-order chi connectivity index (χ1) is 12.6. The normalized spacial score (nSPS) is 20.8. The molecule has 4 rings (SSSR count). The van der Waals surface area contributed by atoms with Crippen LogP contribution in [0.25, 0.3) is 11.0 Å². The first kappa shape index (κ1) is 16.8. The minimum absolute atomic E-state index is 0.00677. The Labute approximate surface area is 150 Å². The number of carbonyl (C=O) groups excluding carboxylic acids is 2. The van der Waals surface area contributed by atoms with Gasteiger partial charge in [0.05, 0.1) is 10.9 Å². The molecule has 0 aromatic carbocycles. The maximum Gasteiger partial charge on any atom is 0.251 e. The largest absolute Gasteiger partial charge is 0.368 e. The number of aromatic nitrogens is 3. The predicted molar refractivity (Wildman–Crippen MR) is 94.5 cm³/mol. The molecule has 2 aromatic rings. The Morgan fingerprint density at radius 3 is 2.88 bits per heavy atom. The van der Waals surface area contributed by atoms with Crippen LogP contribution < -0.4 is 16.4 Å². The molecule has 0 bridgehead atoms. The Kier molecular flexibility index (Phi) is 4.46. The molecular formula is C17H22N6O3. The number of primary amides is 1. The smallest absolute Gasteiger partial charge is 0.251 e. The minimum atomic E-state index is -0.542. The molecule has 1 aliphatic carbocycles. The third-order valence-corrected chi connectivity index (χ3v) is 4.97. The third kappa shape index (κ3) is 3.34. The SMILES string of the molecule is NC(=O)c1c[nH]c2ncnc(NCC(NC(=O)[C@@H]3CCCO3)C3CC3)c12. The number of hydrogen-bond donors (Lipinski definition) is 4. The highest BCUT2D eigenvalue weighted by atomic mass is 16.5. The van der Waals surface area contributed by atoms with Gasteiger partial charge in [-0.15, -0.1) is 0 Å². The molecule has 3 heterocycles. The molecule has 2 amide bonds. The molecule has 2 aromatic heterocycles. The van der Waals surface area contributed by atoms with Crippen LogP contribution in [0.3, 0.4) is 0 Å². The number of aromatic amines is 1. The number of anilines is 1. The van der Waals surface area contributed by atoms with Crippen LogP contribution >= 0.6 is 0 Å². The number of carbonyl (C=O) groups is 2. The molecule has 26 heavy (non-hydrogen) atoms. The topological polar surface area (TPSA) is 135 Å². The summed E-state index contributed by atoms with van der Waals surface area (Å²) in [5.41, 5.74) is 6.32. The Bertz CT molecular complexity index is 825. The standard InChI is InChI=1S/C17H22N6O3/c18-14(24)10-6-19-15-13(10)16(22-8-21-15)20-7-11(9-3-4-9)23-17(25)12-2-1-5-26-12/h6,8-9,11-12H,1-5,7H2,(H2,18,24)(H,23,25)(H2,19,20,21,22)/t11?,12-/m0/s1. The molecule has 1 saturated heterocycles. The van der Waals surface area contributed by atoms with Gasteiger partial charge in [0, 0.05) is 25.4 Å². The summed E-state index contributed by atoms with van der Waals surface area (Å²) < 4.78 is 5.46.